The van der Waals surface area contributed by atoms with E-state index in [1.807, 2.05) is 0 Å². The number of carbonyl (C=O) groups excluding carboxylic acids is 2. The zero-order valence-corrected chi connectivity index (χ0v) is 17.9. The molecular weight excluding hydrogens is 489 g/mol. The van der Waals surface area contributed by atoms with E-state index >= 15 is 0 Å². The van der Waals surface area contributed by atoms with Crippen molar-refractivity contribution in [1.29, 1.82) is 0 Å². The number of phenols is 1. The Morgan fingerprint density at radius 3 is 2.42 bits per heavy atom. The second-order valence-corrected chi connectivity index (χ2v) is 8.97. The number of benzene rings is 1. The average Bonchev–Trinajstić information content (AvgIpc) is 3.18. The Morgan fingerprint density at radius 1 is 1.19 bits per heavy atom. The van der Waals surface area contributed by atoms with E-state index in [2.05, 4.69) is 0 Å². The molecule has 2 heterocycles. The number of aromatic hydroxyl groups is 1. The number of hydrogen-bond acceptors (Lipinski definition) is 6. The number of rotatable bonds is 4. The van der Waals surface area contributed by atoms with Crippen molar-refractivity contribution in [1.82, 2.24) is 4.57 Å². The Kier molecular flexibility index (Phi) is 6.02. The fourth-order valence-corrected chi connectivity index (χ4v) is 4.70. The maximum Gasteiger partial charge on any atom is 0.464 e. The largest absolute Gasteiger partial charge is 0.506 e. The molecule has 31 heavy (non-hydrogen) atoms. The van der Waals surface area contributed by atoms with E-state index in [0.717, 1.165) is 22.9 Å². The van der Waals surface area contributed by atoms with Crippen LogP contribution in [0.15, 0.2) is 27.8 Å². The van der Waals surface area contributed by atoms with Crippen LogP contribution in [0.5, 0.6) is 11.5 Å². The summed E-state index contributed by atoms with van der Waals surface area (Å²) in [6.07, 6.45) is -5.75. The fraction of sp³-hybridized carbons (Fsp3) is 0.222. The number of halogens is 6. The third-order valence-electron chi connectivity index (χ3n) is 4.04. The topological polar surface area (TPSA) is 68.5 Å². The minimum atomic E-state index is -5.75. The monoisotopic (exact) mass is 499 g/mol. The minimum Gasteiger partial charge on any atom is -0.506 e. The molecule has 0 saturated carbocycles. The van der Waals surface area contributed by atoms with Crippen molar-refractivity contribution in [2.24, 2.45) is 0 Å². The SMILES string of the molecule is CC(=O)Oc1c(C)n(C(=O)c2csc(SC(F)(F)C(F)(F)F)c2)c2cc(Cl)c(O)cc12. The lowest BCUT2D eigenvalue weighted by Crippen LogP contribution is -2.32. The summed E-state index contributed by atoms with van der Waals surface area (Å²) in [4.78, 5) is 24.5. The first-order chi connectivity index (χ1) is 14.2. The summed E-state index contributed by atoms with van der Waals surface area (Å²) in [6, 6.07) is 3.34. The van der Waals surface area contributed by atoms with Gasteiger partial charge in [-0.1, -0.05) is 11.6 Å². The van der Waals surface area contributed by atoms with Crippen molar-refractivity contribution in [3.8, 4) is 11.5 Å². The van der Waals surface area contributed by atoms with Crippen molar-refractivity contribution >= 4 is 57.5 Å². The quantitative estimate of drug-likeness (QED) is 0.262. The molecule has 0 fully saturated rings. The van der Waals surface area contributed by atoms with Crippen LogP contribution in [0.1, 0.15) is 23.0 Å². The van der Waals surface area contributed by atoms with E-state index in [4.69, 9.17) is 16.3 Å². The molecule has 5 nitrogen and oxygen atoms in total. The van der Waals surface area contributed by atoms with Gasteiger partial charge in [-0.05, 0) is 36.9 Å². The van der Waals surface area contributed by atoms with Crippen molar-refractivity contribution in [2.45, 2.75) is 29.5 Å². The molecule has 0 aliphatic carbocycles. The van der Waals surface area contributed by atoms with Gasteiger partial charge in [0.05, 0.1) is 26.0 Å². The summed E-state index contributed by atoms with van der Waals surface area (Å²) in [6.45, 7) is 2.56. The maximum atomic E-state index is 13.3. The van der Waals surface area contributed by atoms with Gasteiger partial charge in [-0.25, -0.2) is 0 Å². The zero-order valence-electron chi connectivity index (χ0n) is 15.5. The molecule has 0 bridgehead atoms. The number of fused-ring (bicyclic) bond motifs is 1. The minimum absolute atomic E-state index is 0.0313. The van der Waals surface area contributed by atoms with Crippen molar-refractivity contribution < 1.29 is 41.4 Å². The molecule has 0 saturated heterocycles. The molecule has 3 rings (SSSR count). The Bertz CT molecular complexity index is 1200. The predicted octanol–water partition coefficient (Wildman–Crippen LogP) is 6.23. The molecule has 3 aromatic rings. The Labute approximate surface area is 184 Å². The van der Waals surface area contributed by atoms with E-state index in [9.17, 15) is 36.6 Å². The van der Waals surface area contributed by atoms with E-state index < -0.39 is 39.3 Å². The molecule has 0 unspecified atom stereocenters. The van der Waals surface area contributed by atoms with Crippen LogP contribution >= 0.6 is 34.7 Å². The molecule has 1 N–H and O–H groups in total. The molecule has 166 valence electrons. The third kappa shape index (κ3) is 4.37. The number of carbonyl (C=O) groups is 2. The van der Waals surface area contributed by atoms with Crippen LogP contribution in [-0.2, 0) is 4.79 Å². The lowest BCUT2D eigenvalue weighted by Gasteiger charge is -2.17. The van der Waals surface area contributed by atoms with Crippen LogP contribution in [0, 0.1) is 6.92 Å². The number of thiophene rings is 1. The first-order valence-electron chi connectivity index (χ1n) is 8.21. The van der Waals surface area contributed by atoms with Gasteiger partial charge in [0, 0.05) is 17.7 Å². The van der Waals surface area contributed by atoms with Crippen LogP contribution in [0.25, 0.3) is 10.9 Å². The predicted molar refractivity (Wildman–Crippen MR) is 106 cm³/mol. The number of phenolic OH excluding ortho intramolecular Hbond substituents is 1. The Hall–Kier alpha value is -2.31. The van der Waals surface area contributed by atoms with Crippen LogP contribution in [0.2, 0.25) is 5.02 Å². The molecule has 0 atom stereocenters. The van der Waals surface area contributed by atoms with Crippen LogP contribution in [0.3, 0.4) is 0 Å². The average molecular weight is 500 g/mol. The molecule has 0 aliphatic heterocycles. The molecule has 0 amide bonds. The summed E-state index contributed by atoms with van der Waals surface area (Å²) in [5.41, 5.74) is 0.115. The maximum absolute atomic E-state index is 13.3. The highest BCUT2D eigenvalue weighted by Gasteiger charge is 2.58. The molecular formula is C18H11ClF5NO4S2. The second kappa shape index (κ2) is 7.99. The molecule has 0 aliphatic rings. The van der Waals surface area contributed by atoms with Crippen LogP contribution in [-0.4, -0.2) is 33.0 Å². The highest BCUT2D eigenvalue weighted by atomic mass is 35.5. The number of nitrogens with zero attached hydrogens (tertiary/aromatic N) is 1. The lowest BCUT2D eigenvalue weighted by atomic mass is 10.2. The van der Waals surface area contributed by atoms with E-state index in [-0.39, 0.29) is 38.7 Å². The first-order valence-corrected chi connectivity index (χ1v) is 10.3. The first kappa shape index (κ1) is 23.4. The Morgan fingerprint density at radius 2 is 1.84 bits per heavy atom. The van der Waals surface area contributed by atoms with Crippen molar-refractivity contribution in [2.75, 3.05) is 0 Å². The third-order valence-corrected chi connectivity index (χ3v) is 6.41. The van der Waals surface area contributed by atoms with Gasteiger partial charge in [-0.15, -0.1) is 11.3 Å². The Balaban J connectivity index is 2.08. The van der Waals surface area contributed by atoms with Gasteiger partial charge >= 0.3 is 17.4 Å². The number of alkyl halides is 5. The molecule has 1 aromatic carbocycles. The number of aromatic nitrogens is 1. The summed E-state index contributed by atoms with van der Waals surface area (Å²) in [7, 11) is 0. The number of hydrogen-bond donors (Lipinski definition) is 1. The van der Waals surface area contributed by atoms with Gasteiger partial charge in [0.1, 0.15) is 5.75 Å². The van der Waals surface area contributed by atoms with Gasteiger partial charge in [-0.2, -0.15) is 22.0 Å². The van der Waals surface area contributed by atoms with E-state index in [0.29, 0.717) is 11.3 Å². The van der Waals surface area contributed by atoms with Gasteiger partial charge in [0.25, 0.3) is 5.91 Å². The molecule has 2 aromatic heterocycles. The summed E-state index contributed by atoms with van der Waals surface area (Å²) < 4.78 is 69.7. The van der Waals surface area contributed by atoms with Gasteiger partial charge in [-0.3, -0.25) is 14.2 Å². The highest BCUT2D eigenvalue weighted by Crippen LogP contribution is 2.49. The highest BCUT2D eigenvalue weighted by molar-refractivity contribution is 8.02. The van der Waals surface area contributed by atoms with Crippen molar-refractivity contribution in [3.05, 3.63) is 39.9 Å². The van der Waals surface area contributed by atoms with Gasteiger partial charge in [0.15, 0.2) is 5.75 Å². The molecule has 13 heteroatoms. The van der Waals surface area contributed by atoms with Crippen molar-refractivity contribution in [3.63, 3.8) is 0 Å². The smallest absolute Gasteiger partial charge is 0.464 e. The normalized spacial score (nSPS) is 12.4. The van der Waals surface area contributed by atoms with Crippen LogP contribution < -0.4 is 4.74 Å². The number of thioether (sulfide) groups is 1. The molecule has 0 radical (unpaired) electrons. The number of esters is 1. The van der Waals surface area contributed by atoms with E-state index in [1.54, 1.807) is 0 Å². The zero-order chi connectivity index (χ0) is 23.3. The summed E-state index contributed by atoms with van der Waals surface area (Å²) in [5.74, 6) is -1.85. The standard InChI is InChI=1S/C18H11ClF5NO4S2/c1-7-15(29-8(2)26)10-4-13(27)11(19)5-12(10)25(7)16(28)9-3-14(30-6-9)31-18(23,24)17(20,21)22/h3-6,27H,1-2H3. The fourth-order valence-electron chi connectivity index (χ4n) is 2.73. The summed E-state index contributed by atoms with van der Waals surface area (Å²) >= 11 is 5.76. The van der Waals surface area contributed by atoms with Gasteiger partial charge in [0.2, 0.25) is 0 Å². The summed E-state index contributed by atoms with van der Waals surface area (Å²) in [5, 5.41) is 6.05. The van der Waals surface area contributed by atoms with Crippen LogP contribution in [0.4, 0.5) is 22.0 Å². The second-order valence-electron chi connectivity index (χ2n) is 6.24. The van der Waals surface area contributed by atoms with Gasteiger partial charge < -0.3 is 9.84 Å². The van der Waals surface area contributed by atoms with E-state index in [1.165, 1.54) is 19.1 Å². The molecule has 0 spiro atoms. The lowest BCUT2D eigenvalue weighted by molar-refractivity contribution is -0.237. The number of ether oxygens (including phenoxy) is 1.